The monoisotopic (exact) mass is 532 g/mol. The van der Waals surface area contributed by atoms with Crippen LogP contribution in [0.5, 0.6) is 5.75 Å². The van der Waals surface area contributed by atoms with Crippen LogP contribution in [0.3, 0.4) is 0 Å². The second-order valence-electron chi connectivity index (χ2n) is 9.52. The van der Waals surface area contributed by atoms with Crippen molar-refractivity contribution in [2.24, 2.45) is 5.92 Å². The van der Waals surface area contributed by atoms with Crippen molar-refractivity contribution in [3.8, 4) is 5.75 Å². The van der Waals surface area contributed by atoms with Gasteiger partial charge in [-0.2, -0.15) is 0 Å². The van der Waals surface area contributed by atoms with E-state index in [1.165, 1.54) is 18.2 Å². The molecule has 1 heterocycles. The molecular weight excluding hydrogens is 499 g/mol. The summed E-state index contributed by atoms with van der Waals surface area (Å²) in [5.41, 5.74) is 2.53. The number of nitrogens with zero attached hydrogens (tertiary/aromatic N) is 2. The Labute approximate surface area is 228 Å². The van der Waals surface area contributed by atoms with E-state index < -0.39 is 5.82 Å². The molecule has 3 aromatic carbocycles. The first kappa shape index (κ1) is 27.8. The number of hydrogen-bond donors (Lipinski definition) is 0. The topological polar surface area (TPSA) is 76.2 Å². The van der Waals surface area contributed by atoms with Crippen molar-refractivity contribution in [2.45, 2.75) is 32.7 Å². The predicted molar refractivity (Wildman–Crippen MR) is 146 cm³/mol. The summed E-state index contributed by atoms with van der Waals surface area (Å²) >= 11 is 0. The van der Waals surface area contributed by atoms with Crippen molar-refractivity contribution in [1.29, 1.82) is 0 Å². The number of piperidine rings is 1. The molecule has 0 bridgehead atoms. The van der Waals surface area contributed by atoms with Crippen LogP contribution in [0.1, 0.15) is 41.3 Å². The first-order valence-electron chi connectivity index (χ1n) is 13.1. The molecule has 3 aromatic rings. The van der Waals surface area contributed by atoms with Gasteiger partial charge in [-0.05, 0) is 73.4 Å². The third kappa shape index (κ3) is 7.22. The van der Waals surface area contributed by atoms with Gasteiger partial charge in [-0.1, -0.05) is 30.3 Å². The molecule has 0 spiro atoms. The lowest BCUT2D eigenvalue weighted by molar-refractivity contribution is -0.151. The lowest BCUT2D eigenvalue weighted by Gasteiger charge is -2.31. The van der Waals surface area contributed by atoms with Gasteiger partial charge in [0.25, 0.3) is 5.91 Å². The van der Waals surface area contributed by atoms with Crippen LogP contribution in [0.25, 0.3) is 0 Å². The van der Waals surface area contributed by atoms with Crippen molar-refractivity contribution in [3.63, 3.8) is 0 Å². The van der Waals surface area contributed by atoms with Gasteiger partial charge in [0.15, 0.2) is 0 Å². The number of methoxy groups -OCH3 is 1. The van der Waals surface area contributed by atoms with Crippen LogP contribution in [0.4, 0.5) is 10.1 Å². The zero-order valence-electron chi connectivity index (χ0n) is 22.3. The van der Waals surface area contributed by atoms with Gasteiger partial charge in [0, 0.05) is 24.3 Å². The van der Waals surface area contributed by atoms with Crippen LogP contribution >= 0.6 is 0 Å². The van der Waals surface area contributed by atoms with Crippen molar-refractivity contribution in [2.75, 3.05) is 31.7 Å². The molecule has 0 aliphatic carbocycles. The Bertz CT molecular complexity index is 1290. The number of carbonyl (C=O) groups is 3. The number of amides is 2. The summed E-state index contributed by atoms with van der Waals surface area (Å²) in [6.07, 6.45) is 1.67. The number of likely N-dealkylation sites (tertiary alicyclic amines) is 1. The van der Waals surface area contributed by atoms with Gasteiger partial charge in [0.1, 0.15) is 11.6 Å². The minimum atomic E-state index is -0.484. The summed E-state index contributed by atoms with van der Waals surface area (Å²) in [6.45, 7) is 3.35. The summed E-state index contributed by atoms with van der Waals surface area (Å²) < 4.78 is 24.3. The molecule has 1 atom stereocenters. The average molecular weight is 533 g/mol. The van der Waals surface area contributed by atoms with Crippen LogP contribution in [0, 0.1) is 11.7 Å². The van der Waals surface area contributed by atoms with E-state index in [0.29, 0.717) is 31.1 Å². The Kier molecular flexibility index (Phi) is 9.31. The Morgan fingerprint density at radius 2 is 1.72 bits per heavy atom. The van der Waals surface area contributed by atoms with Gasteiger partial charge in [-0.25, -0.2) is 4.39 Å². The third-order valence-electron chi connectivity index (χ3n) is 6.81. The molecule has 4 rings (SSSR count). The lowest BCUT2D eigenvalue weighted by atomic mass is 9.97. The molecule has 1 aliphatic rings. The fourth-order valence-electron chi connectivity index (χ4n) is 4.71. The van der Waals surface area contributed by atoms with Gasteiger partial charge in [0.2, 0.25) is 5.91 Å². The molecule has 7 nitrogen and oxygen atoms in total. The SMILES string of the molecule is CCOC(=O)C1CCCN(C(=O)Cc2ccc(N(Cc3ccc(OC)cc3)C(=O)c3cccc(F)c3)cc2)C1. The van der Waals surface area contributed by atoms with E-state index in [1.807, 2.05) is 36.4 Å². The van der Waals surface area contributed by atoms with Crippen LogP contribution in [-0.2, 0) is 27.3 Å². The van der Waals surface area contributed by atoms with Gasteiger partial charge in [0.05, 0.1) is 32.6 Å². The molecule has 0 aromatic heterocycles. The van der Waals surface area contributed by atoms with Crippen molar-refractivity contribution in [3.05, 3.63) is 95.3 Å². The van der Waals surface area contributed by atoms with Gasteiger partial charge in [-0.15, -0.1) is 0 Å². The molecule has 204 valence electrons. The standard InChI is InChI=1S/C31H33FN2O5/c1-3-39-31(37)25-7-5-17-33(21-25)29(35)18-22-9-13-27(14-10-22)34(20-23-11-15-28(38-2)16-12-23)30(36)24-6-4-8-26(32)19-24/h4,6,8-16,19,25H,3,5,7,17-18,20-21H2,1-2H3. The van der Waals surface area contributed by atoms with E-state index >= 15 is 0 Å². The maximum Gasteiger partial charge on any atom is 0.310 e. The number of esters is 1. The van der Waals surface area contributed by atoms with E-state index in [-0.39, 0.29) is 42.2 Å². The maximum absolute atomic E-state index is 13.9. The summed E-state index contributed by atoms with van der Waals surface area (Å²) in [6, 6.07) is 20.2. The molecular formula is C31H33FN2O5. The van der Waals surface area contributed by atoms with Crippen molar-refractivity contribution in [1.82, 2.24) is 4.90 Å². The maximum atomic E-state index is 13.9. The molecule has 39 heavy (non-hydrogen) atoms. The van der Waals surface area contributed by atoms with E-state index in [9.17, 15) is 18.8 Å². The summed E-state index contributed by atoms with van der Waals surface area (Å²) in [4.78, 5) is 41.9. The number of benzene rings is 3. The number of rotatable bonds is 9. The third-order valence-corrected chi connectivity index (χ3v) is 6.81. The highest BCUT2D eigenvalue weighted by molar-refractivity contribution is 6.06. The average Bonchev–Trinajstić information content (AvgIpc) is 2.96. The van der Waals surface area contributed by atoms with Gasteiger partial charge >= 0.3 is 5.97 Å². The van der Waals surface area contributed by atoms with E-state index in [2.05, 4.69) is 0 Å². The normalized spacial score (nSPS) is 14.9. The molecule has 1 fully saturated rings. The van der Waals surface area contributed by atoms with E-state index in [1.54, 1.807) is 42.0 Å². The molecule has 1 unspecified atom stereocenters. The lowest BCUT2D eigenvalue weighted by Crippen LogP contribution is -2.43. The number of hydrogen-bond acceptors (Lipinski definition) is 5. The zero-order chi connectivity index (χ0) is 27.8. The molecule has 1 aliphatic heterocycles. The van der Waals surface area contributed by atoms with Gasteiger partial charge in [-0.3, -0.25) is 14.4 Å². The smallest absolute Gasteiger partial charge is 0.310 e. The first-order chi connectivity index (χ1) is 18.9. The quantitative estimate of drug-likeness (QED) is 0.362. The molecule has 0 radical (unpaired) electrons. The van der Waals surface area contributed by atoms with Crippen LogP contribution in [0.15, 0.2) is 72.8 Å². The van der Waals surface area contributed by atoms with Crippen molar-refractivity contribution >= 4 is 23.5 Å². The van der Waals surface area contributed by atoms with Crippen molar-refractivity contribution < 1.29 is 28.2 Å². The Morgan fingerprint density at radius 1 is 1.00 bits per heavy atom. The minimum absolute atomic E-state index is 0.0531. The Hall–Kier alpha value is -4.20. The Balaban J connectivity index is 1.50. The molecule has 0 N–H and O–H groups in total. The van der Waals surface area contributed by atoms with E-state index in [4.69, 9.17) is 9.47 Å². The number of halogens is 1. The van der Waals surface area contributed by atoms with Crippen LogP contribution in [0.2, 0.25) is 0 Å². The highest BCUT2D eigenvalue weighted by atomic mass is 19.1. The fourth-order valence-corrected chi connectivity index (χ4v) is 4.71. The van der Waals surface area contributed by atoms with E-state index in [0.717, 1.165) is 24.0 Å². The number of anilines is 1. The highest BCUT2D eigenvalue weighted by Gasteiger charge is 2.29. The van der Waals surface area contributed by atoms with Crippen LogP contribution < -0.4 is 9.64 Å². The number of ether oxygens (including phenoxy) is 2. The summed E-state index contributed by atoms with van der Waals surface area (Å²) in [5.74, 6) is -0.708. The highest BCUT2D eigenvalue weighted by Crippen LogP contribution is 2.24. The largest absolute Gasteiger partial charge is 0.497 e. The second kappa shape index (κ2) is 13.0. The molecule has 1 saturated heterocycles. The second-order valence-corrected chi connectivity index (χ2v) is 9.52. The minimum Gasteiger partial charge on any atom is -0.497 e. The Morgan fingerprint density at radius 3 is 2.38 bits per heavy atom. The predicted octanol–water partition coefficient (Wildman–Crippen LogP) is 5.03. The molecule has 2 amide bonds. The summed E-state index contributed by atoms with van der Waals surface area (Å²) in [5, 5.41) is 0. The summed E-state index contributed by atoms with van der Waals surface area (Å²) in [7, 11) is 1.59. The first-order valence-corrected chi connectivity index (χ1v) is 13.1. The molecule has 0 saturated carbocycles. The molecule has 8 heteroatoms. The van der Waals surface area contributed by atoms with Crippen LogP contribution in [-0.4, -0.2) is 49.5 Å². The fraction of sp³-hybridized carbons (Fsp3) is 0.323. The number of carbonyl (C=O) groups excluding carboxylic acids is 3. The zero-order valence-corrected chi connectivity index (χ0v) is 22.3. The van der Waals surface area contributed by atoms with Gasteiger partial charge < -0.3 is 19.3 Å².